The van der Waals surface area contributed by atoms with E-state index in [1.165, 1.54) is 25.3 Å². The quantitative estimate of drug-likeness (QED) is 0.302. The Bertz CT molecular complexity index is 1220. The number of methoxy groups -OCH3 is 1. The van der Waals surface area contributed by atoms with Gasteiger partial charge in [0.05, 0.1) is 13.7 Å². The van der Waals surface area contributed by atoms with E-state index >= 15 is 0 Å². The molecule has 1 saturated heterocycles. The van der Waals surface area contributed by atoms with E-state index < -0.39 is 48.5 Å². The Morgan fingerprint density at radius 3 is 2.42 bits per heavy atom. The van der Waals surface area contributed by atoms with Gasteiger partial charge < -0.3 is 49.3 Å². The molecule has 33 heavy (non-hydrogen) atoms. The monoisotopic (exact) mass is 462 g/mol. The van der Waals surface area contributed by atoms with Crippen LogP contribution in [0.25, 0.3) is 22.3 Å². The molecular formula is C22H22O11. The molecule has 0 aliphatic carbocycles. The molecule has 2 heterocycles. The molecule has 5 atom stereocenters. The highest BCUT2D eigenvalue weighted by atomic mass is 16.7. The van der Waals surface area contributed by atoms with Gasteiger partial charge in [0.25, 0.3) is 0 Å². The van der Waals surface area contributed by atoms with Crippen LogP contribution in [0.15, 0.2) is 45.6 Å². The first-order chi connectivity index (χ1) is 15.7. The van der Waals surface area contributed by atoms with E-state index in [1.807, 2.05) is 0 Å². The zero-order valence-electron chi connectivity index (χ0n) is 17.3. The van der Waals surface area contributed by atoms with E-state index in [4.69, 9.17) is 18.6 Å². The van der Waals surface area contributed by atoms with E-state index in [-0.39, 0.29) is 34.0 Å². The number of ether oxygens (including phenoxy) is 3. The predicted molar refractivity (Wildman–Crippen MR) is 112 cm³/mol. The first-order valence-corrected chi connectivity index (χ1v) is 9.89. The van der Waals surface area contributed by atoms with E-state index in [1.54, 1.807) is 6.07 Å². The molecule has 0 radical (unpaired) electrons. The lowest BCUT2D eigenvalue weighted by Gasteiger charge is -2.39. The largest absolute Gasteiger partial charge is 0.508 e. The molecule has 0 bridgehead atoms. The maximum atomic E-state index is 12.5. The number of phenols is 2. The molecule has 1 fully saturated rings. The topological polar surface area (TPSA) is 179 Å². The molecule has 2 aromatic carbocycles. The van der Waals surface area contributed by atoms with Crippen molar-refractivity contribution in [1.82, 2.24) is 0 Å². The summed E-state index contributed by atoms with van der Waals surface area (Å²) in [5.74, 6) is -0.373. The van der Waals surface area contributed by atoms with Crippen molar-refractivity contribution in [3.63, 3.8) is 0 Å². The molecule has 176 valence electrons. The first-order valence-electron chi connectivity index (χ1n) is 9.89. The highest BCUT2D eigenvalue weighted by molar-refractivity contribution is 5.86. The van der Waals surface area contributed by atoms with Gasteiger partial charge >= 0.3 is 0 Å². The maximum absolute atomic E-state index is 12.5. The normalized spacial score (nSPS) is 25.2. The van der Waals surface area contributed by atoms with Gasteiger partial charge in [-0.2, -0.15) is 0 Å². The van der Waals surface area contributed by atoms with Crippen molar-refractivity contribution < 1.29 is 49.3 Å². The fourth-order valence-electron chi connectivity index (χ4n) is 3.61. The van der Waals surface area contributed by atoms with Crippen LogP contribution in [0.1, 0.15) is 0 Å². The molecule has 1 aliphatic heterocycles. The third-order valence-electron chi connectivity index (χ3n) is 5.33. The molecular weight excluding hydrogens is 440 g/mol. The molecule has 5 unspecified atom stereocenters. The van der Waals surface area contributed by atoms with Gasteiger partial charge in [0.15, 0.2) is 16.9 Å². The summed E-state index contributed by atoms with van der Waals surface area (Å²) >= 11 is 0. The SMILES string of the molecule is COc1ccc(-c2cc(=O)c3c(O)cc(O)cc3o2)cc1OC1OC(CO)C(O)C(O)C1O. The number of rotatable bonds is 5. The van der Waals surface area contributed by atoms with Crippen molar-refractivity contribution in [2.24, 2.45) is 0 Å². The summed E-state index contributed by atoms with van der Waals surface area (Å²) in [7, 11) is 1.37. The first kappa shape index (κ1) is 22.8. The Kier molecular flexibility index (Phi) is 6.15. The van der Waals surface area contributed by atoms with Crippen LogP contribution in [-0.2, 0) is 4.74 Å². The molecule has 6 N–H and O–H groups in total. The molecule has 4 rings (SSSR count). The average Bonchev–Trinajstić information content (AvgIpc) is 2.78. The van der Waals surface area contributed by atoms with Gasteiger partial charge in [0.1, 0.15) is 52.6 Å². The number of fused-ring (bicyclic) bond motifs is 1. The van der Waals surface area contributed by atoms with Crippen molar-refractivity contribution in [2.45, 2.75) is 30.7 Å². The summed E-state index contributed by atoms with van der Waals surface area (Å²) in [5, 5.41) is 59.1. The Balaban J connectivity index is 1.73. The second kappa shape index (κ2) is 8.89. The van der Waals surface area contributed by atoms with E-state index in [9.17, 15) is 35.4 Å². The van der Waals surface area contributed by atoms with Crippen LogP contribution >= 0.6 is 0 Å². The standard InChI is InChI=1S/C22H22O11/c1-30-13-3-2-9(14-7-12(26)18-11(25)5-10(24)6-16(18)31-14)4-15(13)32-22-21(29)20(28)19(27)17(8-23)33-22/h2-7,17,19-25,27-29H,8H2,1H3. The Morgan fingerprint density at radius 2 is 1.73 bits per heavy atom. The predicted octanol–water partition coefficient (Wildman–Crippen LogP) is 0.0585. The van der Waals surface area contributed by atoms with Crippen molar-refractivity contribution >= 4 is 11.0 Å². The minimum absolute atomic E-state index is 0.0396. The number of hydrogen-bond donors (Lipinski definition) is 6. The summed E-state index contributed by atoms with van der Waals surface area (Å²) in [4.78, 5) is 12.5. The summed E-state index contributed by atoms with van der Waals surface area (Å²) in [6.07, 6.45) is -7.43. The van der Waals surface area contributed by atoms with Crippen LogP contribution in [0.4, 0.5) is 0 Å². The summed E-state index contributed by atoms with van der Waals surface area (Å²) in [6, 6.07) is 7.85. The molecule has 1 aliphatic rings. The molecule has 11 nitrogen and oxygen atoms in total. The van der Waals surface area contributed by atoms with Gasteiger partial charge in [-0.25, -0.2) is 0 Å². The second-order valence-electron chi connectivity index (χ2n) is 7.49. The molecule has 3 aromatic rings. The molecule has 0 spiro atoms. The third-order valence-corrected chi connectivity index (χ3v) is 5.33. The van der Waals surface area contributed by atoms with Gasteiger partial charge in [0, 0.05) is 23.8 Å². The highest BCUT2D eigenvalue weighted by Gasteiger charge is 2.45. The number of aliphatic hydroxyl groups excluding tert-OH is 4. The van der Waals surface area contributed by atoms with Gasteiger partial charge in [-0.3, -0.25) is 4.79 Å². The van der Waals surface area contributed by atoms with Crippen LogP contribution in [-0.4, -0.2) is 75.1 Å². The fourth-order valence-corrected chi connectivity index (χ4v) is 3.61. The van der Waals surface area contributed by atoms with Crippen LogP contribution in [0.3, 0.4) is 0 Å². The van der Waals surface area contributed by atoms with Gasteiger partial charge in [-0.05, 0) is 18.2 Å². The molecule has 11 heteroatoms. The maximum Gasteiger partial charge on any atom is 0.229 e. The average molecular weight is 462 g/mol. The lowest BCUT2D eigenvalue weighted by Crippen LogP contribution is -2.60. The van der Waals surface area contributed by atoms with Crippen molar-refractivity contribution in [1.29, 1.82) is 0 Å². The summed E-state index contributed by atoms with van der Waals surface area (Å²) in [5.41, 5.74) is -0.240. The van der Waals surface area contributed by atoms with Crippen LogP contribution in [0.2, 0.25) is 0 Å². The van der Waals surface area contributed by atoms with E-state index in [0.717, 1.165) is 12.1 Å². The highest BCUT2D eigenvalue weighted by Crippen LogP contribution is 2.36. The van der Waals surface area contributed by atoms with Crippen molar-refractivity contribution in [3.05, 3.63) is 46.6 Å². The lowest BCUT2D eigenvalue weighted by molar-refractivity contribution is -0.277. The van der Waals surface area contributed by atoms with Gasteiger partial charge in [-0.1, -0.05) is 0 Å². The smallest absolute Gasteiger partial charge is 0.229 e. The van der Waals surface area contributed by atoms with E-state index in [0.29, 0.717) is 5.56 Å². The Morgan fingerprint density at radius 1 is 0.970 bits per heavy atom. The second-order valence-corrected chi connectivity index (χ2v) is 7.49. The number of benzene rings is 2. The summed E-state index contributed by atoms with van der Waals surface area (Å²) in [6.45, 7) is -0.621. The zero-order valence-corrected chi connectivity index (χ0v) is 17.3. The fraction of sp³-hybridized carbons (Fsp3) is 0.318. The van der Waals surface area contributed by atoms with E-state index in [2.05, 4.69) is 0 Å². The van der Waals surface area contributed by atoms with Crippen molar-refractivity contribution in [3.8, 4) is 34.3 Å². The molecule has 1 aromatic heterocycles. The lowest BCUT2D eigenvalue weighted by atomic mass is 9.99. The zero-order chi connectivity index (χ0) is 23.9. The number of aliphatic hydroxyl groups is 4. The van der Waals surface area contributed by atoms with Crippen LogP contribution in [0.5, 0.6) is 23.0 Å². The van der Waals surface area contributed by atoms with Crippen molar-refractivity contribution in [2.75, 3.05) is 13.7 Å². The minimum atomic E-state index is -1.64. The summed E-state index contributed by atoms with van der Waals surface area (Å²) < 4.78 is 22.0. The number of phenolic OH excluding ortho intramolecular Hbond substituents is 2. The molecule has 0 amide bonds. The van der Waals surface area contributed by atoms with Crippen LogP contribution < -0.4 is 14.9 Å². The van der Waals surface area contributed by atoms with Crippen LogP contribution in [0, 0.1) is 0 Å². The Hall–Kier alpha value is -3.35. The minimum Gasteiger partial charge on any atom is -0.508 e. The van der Waals surface area contributed by atoms with Gasteiger partial charge in [-0.15, -0.1) is 0 Å². The third kappa shape index (κ3) is 4.19. The number of hydrogen-bond acceptors (Lipinski definition) is 11. The Labute approximate surface area is 186 Å². The van der Waals surface area contributed by atoms with Gasteiger partial charge in [0.2, 0.25) is 6.29 Å². The molecule has 0 saturated carbocycles. The number of aromatic hydroxyl groups is 2.